The van der Waals surface area contributed by atoms with Crippen LogP contribution in [-0.2, 0) is 16.6 Å². The predicted octanol–water partition coefficient (Wildman–Crippen LogP) is 3.58. The van der Waals surface area contributed by atoms with Crippen molar-refractivity contribution in [1.82, 2.24) is 25.0 Å². The van der Waals surface area contributed by atoms with Gasteiger partial charge in [-0.2, -0.15) is 4.98 Å². The Kier molecular flexibility index (Phi) is 4.91. The number of amides is 1. The van der Waals surface area contributed by atoms with Crippen molar-refractivity contribution in [2.75, 3.05) is 13.1 Å². The van der Waals surface area contributed by atoms with E-state index < -0.39 is 0 Å². The highest BCUT2D eigenvalue weighted by molar-refractivity contribution is 5.76. The molecule has 2 aromatic heterocycles. The van der Waals surface area contributed by atoms with Crippen LogP contribution < -0.4 is 0 Å². The van der Waals surface area contributed by atoms with Gasteiger partial charge in [0, 0.05) is 37.3 Å². The third-order valence-electron chi connectivity index (χ3n) is 5.33. The standard InChI is InChI=1S/C21H27N5O2/c1-21(2,3)20-24-17(28-25-20)8-9-18(27)26-12-10-14(11-13-26)19-22-15-6-4-5-7-16(15)23-19/h4-7,14H,8-13H2,1-3H3,(H,22,23). The zero-order chi connectivity index (χ0) is 19.7. The molecule has 1 saturated heterocycles. The number of imidazole rings is 1. The van der Waals surface area contributed by atoms with E-state index in [1.807, 2.05) is 49.9 Å². The number of benzene rings is 1. The first-order valence-corrected chi connectivity index (χ1v) is 9.95. The largest absolute Gasteiger partial charge is 0.343 e. The minimum atomic E-state index is -0.149. The summed E-state index contributed by atoms with van der Waals surface area (Å²) in [6.07, 6.45) is 2.76. The van der Waals surface area contributed by atoms with Crippen molar-refractivity contribution in [2.45, 2.75) is 57.8 Å². The molecule has 1 N–H and O–H groups in total. The fraction of sp³-hybridized carbons (Fsp3) is 0.524. The van der Waals surface area contributed by atoms with Gasteiger partial charge in [0.15, 0.2) is 5.82 Å². The maximum atomic E-state index is 12.6. The van der Waals surface area contributed by atoms with Crippen molar-refractivity contribution >= 4 is 16.9 Å². The van der Waals surface area contributed by atoms with Crippen molar-refractivity contribution in [3.63, 3.8) is 0 Å². The lowest BCUT2D eigenvalue weighted by Crippen LogP contribution is -2.38. The Labute approximate surface area is 164 Å². The van der Waals surface area contributed by atoms with Crippen molar-refractivity contribution in [1.29, 1.82) is 0 Å². The van der Waals surface area contributed by atoms with Gasteiger partial charge in [0.2, 0.25) is 11.8 Å². The Balaban J connectivity index is 1.29. The molecule has 1 aromatic carbocycles. The van der Waals surface area contributed by atoms with Crippen LogP contribution in [0.4, 0.5) is 0 Å². The van der Waals surface area contributed by atoms with Gasteiger partial charge in [-0.3, -0.25) is 4.79 Å². The van der Waals surface area contributed by atoms with E-state index in [9.17, 15) is 4.79 Å². The third kappa shape index (κ3) is 3.93. The normalized spacial score (nSPS) is 16.0. The lowest BCUT2D eigenvalue weighted by Gasteiger charge is -2.31. The first-order chi connectivity index (χ1) is 13.4. The van der Waals surface area contributed by atoms with E-state index in [1.165, 1.54) is 0 Å². The molecule has 1 fully saturated rings. The second-order valence-electron chi connectivity index (χ2n) is 8.56. The van der Waals surface area contributed by atoms with Crippen molar-refractivity contribution in [2.24, 2.45) is 0 Å². The number of hydrogen-bond acceptors (Lipinski definition) is 5. The average Bonchev–Trinajstić information content (AvgIpc) is 3.33. The Bertz CT molecular complexity index is 927. The van der Waals surface area contributed by atoms with Crippen molar-refractivity contribution < 1.29 is 9.32 Å². The van der Waals surface area contributed by atoms with Gasteiger partial charge in [0.05, 0.1) is 11.0 Å². The summed E-state index contributed by atoms with van der Waals surface area (Å²) in [4.78, 5) is 27.1. The minimum absolute atomic E-state index is 0.149. The zero-order valence-corrected chi connectivity index (χ0v) is 16.7. The van der Waals surface area contributed by atoms with Crippen LogP contribution in [0.2, 0.25) is 0 Å². The van der Waals surface area contributed by atoms with E-state index in [4.69, 9.17) is 9.51 Å². The number of H-pyrrole nitrogens is 1. The van der Waals surface area contributed by atoms with Crippen molar-refractivity contribution in [3.8, 4) is 0 Å². The van der Waals surface area contributed by atoms with Crippen molar-refractivity contribution in [3.05, 3.63) is 41.8 Å². The zero-order valence-electron chi connectivity index (χ0n) is 16.7. The summed E-state index contributed by atoms with van der Waals surface area (Å²) >= 11 is 0. The minimum Gasteiger partial charge on any atom is -0.343 e. The van der Waals surface area contributed by atoms with Gasteiger partial charge in [0.1, 0.15) is 5.82 Å². The summed E-state index contributed by atoms with van der Waals surface area (Å²) in [6, 6.07) is 8.09. The molecule has 7 heteroatoms. The number of nitrogens with one attached hydrogen (secondary N) is 1. The number of aromatic amines is 1. The summed E-state index contributed by atoms with van der Waals surface area (Å²) in [6.45, 7) is 7.64. The molecule has 1 aliphatic rings. The highest BCUT2D eigenvalue weighted by Gasteiger charge is 2.26. The fourth-order valence-corrected chi connectivity index (χ4v) is 3.60. The highest BCUT2D eigenvalue weighted by atomic mass is 16.5. The number of piperidine rings is 1. The lowest BCUT2D eigenvalue weighted by molar-refractivity contribution is -0.132. The number of fused-ring (bicyclic) bond motifs is 1. The average molecular weight is 381 g/mol. The SMILES string of the molecule is CC(C)(C)c1noc(CCC(=O)N2CCC(c3nc4ccccc4[nH]3)CC2)n1. The topological polar surface area (TPSA) is 87.9 Å². The predicted molar refractivity (Wildman–Crippen MR) is 106 cm³/mol. The molecular weight excluding hydrogens is 354 g/mol. The van der Waals surface area contributed by atoms with Gasteiger partial charge in [-0.15, -0.1) is 0 Å². The number of para-hydroxylation sites is 2. The number of carbonyl (C=O) groups is 1. The van der Waals surface area contributed by atoms with Gasteiger partial charge in [0.25, 0.3) is 0 Å². The van der Waals surface area contributed by atoms with E-state index in [2.05, 4.69) is 15.1 Å². The summed E-state index contributed by atoms with van der Waals surface area (Å²) in [7, 11) is 0. The molecule has 3 aromatic rings. The smallest absolute Gasteiger partial charge is 0.227 e. The molecule has 4 rings (SSSR count). The fourth-order valence-electron chi connectivity index (χ4n) is 3.60. The summed E-state index contributed by atoms with van der Waals surface area (Å²) in [5.41, 5.74) is 1.93. The van der Waals surface area contributed by atoms with Gasteiger partial charge < -0.3 is 14.4 Å². The van der Waals surface area contributed by atoms with E-state index in [0.717, 1.165) is 42.8 Å². The molecule has 28 heavy (non-hydrogen) atoms. The van der Waals surface area contributed by atoms with E-state index in [0.29, 0.717) is 30.5 Å². The number of aryl methyl sites for hydroxylation is 1. The Morgan fingerprint density at radius 2 is 1.96 bits per heavy atom. The summed E-state index contributed by atoms with van der Waals surface area (Å²) in [5, 5.41) is 4.02. The second kappa shape index (κ2) is 7.37. The van der Waals surface area contributed by atoms with Gasteiger partial charge >= 0.3 is 0 Å². The molecule has 148 valence electrons. The molecule has 7 nitrogen and oxygen atoms in total. The summed E-state index contributed by atoms with van der Waals surface area (Å²) < 4.78 is 5.29. The number of hydrogen-bond donors (Lipinski definition) is 1. The van der Waals surface area contributed by atoms with Crippen LogP contribution >= 0.6 is 0 Å². The maximum absolute atomic E-state index is 12.6. The highest BCUT2D eigenvalue weighted by Crippen LogP contribution is 2.28. The van der Waals surface area contributed by atoms with Crippen LogP contribution in [0.5, 0.6) is 0 Å². The molecule has 0 unspecified atom stereocenters. The third-order valence-corrected chi connectivity index (χ3v) is 5.33. The van der Waals surface area contributed by atoms with Gasteiger partial charge in [-0.1, -0.05) is 38.1 Å². The van der Waals surface area contributed by atoms with Crippen LogP contribution in [0.1, 0.15) is 63.5 Å². The van der Waals surface area contributed by atoms with Gasteiger partial charge in [-0.25, -0.2) is 4.98 Å². The molecule has 0 aliphatic carbocycles. The number of carbonyl (C=O) groups excluding carboxylic acids is 1. The Morgan fingerprint density at radius 1 is 1.21 bits per heavy atom. The van der Waals surface area contributed by atoms with Crippen LogP contribution in [0.25, 0.3) is 11.0 Å². The van der Waals surface area contributed by atoms with E-state index in [-0.39, 0.29) is 11.3 Å². The molecule has 0 radical (unpaired) electrons. The van der Waals surface area contributed by atoms with Crippen LogP contribution in [0.3, 0.4) is 0 Å². The molecule has 1 amide bonds. The summed E-state index contributed by atoms with van der Waals surface area (Å²) in [5.74, 6) is 2.78. The first-order valence-electron chi connectivity index (χ1n) is 9.95. The molecular formula is C21H27N5O2. The maximum Gasteiger partial charge on any atom is 0.227 e. The lowest BCUT2D eigenvalue weighted by atomic mass is 9.96. The molecule has 0 atom stereocenters. The first kappa shape index (κ1) is 18.7. The molecule has 3 heterocycles. The Morgan fingerprint density at radius 3 is 2.64 bits per heavy atom. The number of likely N-dealkylation sites (tertiary alicyclic amines) is 1. The van der Waals surface area contributed by atoms with Crippen LogP contribution in [0, 0.1) is 0 Å². The molecule has 0 saturated carbocycles. The monoisotopic (exact) mass is 381 g/mol. The van der Waals surface area contributed by atoms with E-state index >= 15 is 0 Å². The van der Waals surface area contributed by atoms with Crippen LogP contribution in [-0.4, -0.2) is 44.0 Å². The Hall–Kier alpha value is -2.70. The van der Waals surface area contributed by atoms with Gasteiger partial charge in [-0.05, 0) is 25.0 Å². The number of nitrogens with zero attached hydrogens (tertiary/aromatic N) is 4. The van der Waals surface area contributed by atoms with Crippen LogP contribution in [0.15, 0.2) is 28.8 Å². The van der Waals surface area contributed by atoms with E-state index in [1.54, 1.807) is 0 Å². The molecule has 0 bridgehead atoms. The second-order valence-corrected chi connectivity index (χ2v) is 8.56. The molecule has 0 spiro atoms. The molecule has 1 aliphatic heterocycles. The number of aromatic nitrogens is 4. The quantitative estimate of drug-likeness (QED) is 0.746. The number of rotatable bonds is 4.